The third-order valence-electron chi connectivity index (χ3n) is 8.67. The topological polar surface area (TPSA) is 56.1 Å². The second kappa shape index (κ2) is 16.8. The van der Waals surface area contributed by atoms with Gasteiger partial charge in [0.2, 0.25) is 0 Å². The van der Waals surface area contributed by atoms with E-state index in [2.05, 4.69) is 57.2 Å². The Kier molecular flexibility index (Phi) is 14.2. The summed E-state index contributed by atoms with van der Waals surface area (Å²) in [7, 11) is 1.70. The van der Waals surface area contributed by atoms with Crippen LogP contribution < -0.4 is 0 Å². The van der Waals surface area contributed by atoms with Gasteiger partial charge in [-0.1, -0.05) is 50.6 Å². The Morgan fingerprint density at radius 2 is 1.88 bits per heavy atom. The number of halogens is 1. The van der Waals surface area contributed by atoms with Crippen molar-refractivity contribution >= 4 is 11.8 Å². The molecule has 0 amide bonds. The Balaban J connectivity index is 2.16. The molecule has 2 unspecified atom stereocenters. The van der Waals surface area contributed by atoms with Crippen LogP contribution >= 0.6 is 0 Å². The van der Waals surface area contributed by atoms with Crippen LogP contribution in [0, 0.1) is 30.5 Å². The van der Waals surface area contributed by atoms with E-state index in [0.29, 0.717) is 34.6 Å². The second-order valence-electron chi connectivity index (χ2n) is 11.7. The first-order valence-electron chi connectivity index (χ1n) is 15.0. The van der Waals surface area contributed by atoms with Crippen LogP contribution in [0.15, 0.2) is 58.1 Å². The standard InChI is InChI=1S/C35H53FN2O2/c1-9-25(3)27(5)18-24(2)10-11-26(4)32(23-40)22-35(37-8)31-19-29(7)33(34(36)21-31)20-28(6)30-12-14-38(15-13-30)16-17-39/h18-22,24-25,30,39-40H,4,9-17,23H2,1-3,5-8H3/b27-18-,28-20+,32-22-,37-35?. The summed E-state index contributed by atoms with van der Waals surface area (Å²) < 4.78 is 15.4. The molecule has 0 radical (unpaired) electrons. The molecule has 40 heavy (non-hydrogen) atoms. The summed E-state index contributed by atoms with van der Waals surface area (Å²) in [6.45, 7) is 19.9. The Morgan fingerprint density at radius 3 is 2.42 bits per heavy atom. The van der Waals surface area contributed by atoms with Gasteiger partial charge in [0.25, 0.3) is 0 Å². The molecule has 0 saturated carbocycles. The molecule has 1 fully saturated rings. The predicted octanol–water partition coefficient (Wildman–Crippen LogP) is 7.54. The Hall–Kier alpha value is -2.34. The molecule has 4 nitrogen and oxygen atoms in total. The van der Waals surface area contributed by atoms with Crippen LogP contribution in [-0.4, -0.2) is 60.7 Å². The summed E-state index contributed by atoms with van der Waals surface area (Å²) in [5.41, 5.74) is 7.07. The highest BCUT2D eigenvalue weighted by Gasteiger charge is 2.21. The Labute approximate surface area is 243 Å². The van der Waals surface area contributed by atoms with Crippen LogP contribution in [0.1, 0.15) is 83.4 Å². The van der Waals surface area contributed by atoms with Gasteiger partial charge < -0.3 is 15.1 Å². The molecular weight excluding hydrogens is 499 g/mol. The average molecular weight is 553 g/mol. The van der Waals surface area contributed by atoms with Crippen molar-refractivity contribution in [3.8, 4) is 0 Å². The van der Waals surface area contributed by atoms with Crippen molar-refractivity contribution in [3.63, 3.8) is 0 Å². The number of aliphatic hydroxyl groups is 2. The minimum atomic E-state index is -0.261. The van der Waals surface area contributed by atoms with Crippen LogP contribution in [0.5, 0.6) is 0 Å². The molecule has 1 saturated heterocycles. The second-order valence-corrected chi connectivity index (χ2v) is 11.7. The highest BCUT2D eigenvalue weighted by atomic mass is 19.1. The molecule has 0 spiro atoms. The van der Waals surface area contributed by atoms with Crippen molar-refractivity contribution in [1.82, 2.24) is 4.90 Å². The summed E-state index contributed by atoms with van der Waals surface area (Å²) in [6, 6.07) is 3.53. The van der Waals surface area contributed by atoms with Crippen LogP contribution in [0.25, 0.3) is 6.08 Å². The summed E-state index contributed by atoms with van der Waals surface area (Å²) in [6.07, 6.45) is 11.1. The zero-order valence-corrected chi connectivity index (χ0v) is 26.1. The van der Waals surface area contributed by atoms with E-state index in [4.69, 9.17) is 0 Å². The zero-order valence-electron chi connectivity index (χ0n) is 26.1. The smallest absolute Gasteiger partial charge is 0.131 e. The van der Waals surface area contributed by atoms with Crippen molar-refractivity contribution in [3.05, 3.63) is 75.7 Å². The first-order valence-corrected chi connectivity index (χ1v) is 15.0. The van der Waals surface area contributed by atoms with Gasteiger partial charge in [-0.15, -0.1) is 0 Å². The van der Waals surface area contributed by atoms with Crippen LogP contribution in [0.4, 0.5) is 4.39 Å². The normalized spacial score (nSPS) is 18.2. The molecule has 222 valence electrons. The van der Waals surface area contributed by atoms with Gasteiger partial charge in [0.1, 0.15) is 5.82 Å². The summed E-state index contributed by atoms with van der Waals surface area (Å²) >= 11 is 0. The molecule has 0 aliphatic carbocycles. The maximum absolute atomic E-state index is 15.4. The van der Waals surface area contributed by atoms with Crippen LogP contribution in [0.3, 0.4) is 0 Å². The summed E-state index contributed by atoms with van der Waals surface area (Å²) in [4.78, 5) is 6.72. The van der Waals surface area contributed by atoms with E-state index in [1.54, 1.807) is 13.1 Å². The van der Waals surface area contributed by atoms with Crippen molar-refractivity contribution in [2.24, 2.45) is 22.7 Å². The lowest BCUT2D eigenvalue weighted by Crippen LogP contribution is -2.35. The molecule has 0 bridgehead atoms. The van der Waals surface area contributed by atoms with E-state index in [1.807, 2.05) is 25.1 Å². The lowest BCUT2D eigenvalue weighted by atomic mass is 9.88. The van der Waals surface area contributed by atoms with Gasteiger partial charge in [-0.25, -0.2) is 4.39 Å². The highest BCUT2D eigenvalue weighted by molar-refractivity contribution is 6.09. The van der Waals surface area contributed by atoms with E-state index < -0.39 is 0 Å². The van der Waals surface area contributed by atoms with E-state index in [9.17, 15) is 10.2 Å². The fourth-order valence-corrected chi connectivity index (χ4v) is 5.47. The number of aliphatic hydroxyl groups excluding tert-OH is 2. The monoisotopic (exact) mass is 552 g/mol. The molecule has 1 aromatic carbocycles. The van der Waals surface area contributed by atoms with Crippen molar-refractivity contribution in [2.75, 3.05) is 39.9 Å². The number of likely N-dealkylation sites (tertiary alicyclic amines) is 1. The number of aliphatic imine (C=N–C) groups is 1. The fraction of sp³-hybridized carbons (Fsp3) is 0.571. The maximum Gasteiger partial charge on any atom is 0.131 e. The van der Waals surface area contributed by atoms with Gasteiger partial charge in [-0.05, 0) is 119 Å². The quantitative estimate of drug-likeness (QED) is 0.142. The van der Waals surface area contributed by atoms with Gasteiger partial charge in [0, 0.05) is 24.7 Å². The van der Waals surface area contributed by atoms with E-state index >= 15 is 4.39 Å². The molecule has 2 atom stereocenters. The SMILES string of the molecule is C=C(CCC(C)/C=C(/C)C(C)CC)/C(=C\C(=NC)c1cc(C)c(/C=C(\C)C2CCN(CCO)CC2)c(F)c1)CO. The number of β-amino-alcohol motifs (C(OH)–C–C–N with tert-alkyl or cyclic N) is 1. The molecule has 2 rings (SSSR count). The zero-order chi connectivity index (χ0) is 29.8. The predicted molar refractivity (Wildman–Crippen MR) is 169 cm³/mol. The molecule has 1 heterocycles. The molecular formula is C35H53FN2O2. The van der Waals surface area contributed by atoms with Gasteiger partial charge in [-0.2, -0.15) is 0 Å². The van der Waals surface area contributed by atoms with Crippen LogP contribution in [-0.2, 0) is 0 Å². The number of benzene rings is 1. The number of hydrogen-bond donors (Lipinski definition) is 2. The lowest BCUT2D eigenvalue weighted by molar-refractivity contribution is 0.156. The first-order chi connectivity index (χ1) is 19.0. The van der Waals surface area contributed by atoms with Gasteiger partial charge in [0.15, 0.2) is 0 Å². The van der Waals surface area contributed by atoms with E-state index in [-0.39, 0.29) is 19.0 Å². The molecule has 1 aliphatic rings. The first kappa shape index (κ1) is 33.9. The molecule has 1 aliphatic heterocycles. The summed E-state index contributed by atoms with van der Waals surface area (Å²) in [5.74, 6) is 1.19. The maximum atomic E-state index is 15.4. The molecule has 2 N–H and O–H groups in total. The Bertz CT molecular complexity index is 1080. The molecule has 1 aromatic rings. The fourth-order valence-electron chi connectivity index (χ4n) is 5.47. The minimum absolute atomic E-state index is 0.132. The number of rotatable bonds is 14. The number of allylic oxidation sites excluding steroid dienone is 4. The van der Waals surface area contributed by atoms with Gasteiger partial charge in [0.05, 0.1) is 18.9 Å². The molecule has 0 aromatic heterocycles. The minimum Gasteiger partial charge on any atom is -0.395 e. The Morgan fingerprint density at radius 1 is 1.20 bits per heavy atom. The largest absolute Gasteiger partial charge is 0.395 e. The van der Waals surface area contributed by atoms with Crippen molar-refractivity contribution < 1.29 is 14.6 Å². The number of aryl methyl sites for hydroxylation is 1. The van der Waals surface area contributed by atoms with Crippen molar-refractivity contribution in [1.29, 1.82) is 0 Å². The van der Waals surface area contributed by atoms with Crippen molar-refractivity contribution in [2.45, 2.75) is 73.6 Å². The third kappa shape index (κ3) is 9.94. The number of nitrogens with zero attached hydrogens (tertiary/aromatic N) is 2. The summed E-state index contributed by atoms with van der Waals surface area (Å²) in [5, 5.41) is 19.3. The van der Waals surface area contributed by atoms with E-state index in [0.717, 1.165) is 68.4 Å². The third-order valence-corrected chi connectivity index (χ3v) is 8.67. The average Bonchev–Trinajstić information content (AvgIpc) is 2.94. The van der Waals surface area contributed by atoms with Crippen LogP contribution in [0.2, 0.25) is 0 Å². The lowest BCUT2D eigenvalue weighted by Gasteiger charge is -2.32. The van der Waals surface area contributed by atoms with Gasteiger partial charge in [-0.3, -0.25) is 4.99 Å². The molecule has 5 heteroatoms. The highest BCUT2D eigenvalue weighted by Crippen LogP contribution is 2.29. The van der Waals surface area contributed by atoms with Gasteiger partial charge >= 0.3 is 0 Å². The number of hydrogen-bond acceptors (Lipinski definition) is 4. The number of piperidine rings is 1. The van der Waals surface area contributed by atoms with E-state index in [1.165, 1.54) is 11.1 Å².